The monoisotopic (exact) mass is 225 g/mol. The lowest BCUT2D eigenvalue weighted by atomic mass is 9.94. The van der Waals surface area contributed by atoms with Crippen molar-refractivity contribution in [2.45, 2.75) is 39.2 Å². The van der Waals surface area contributed by atoms with Crippen molar-refractivity contribution in [3.8, 4) is 0 Å². The lowest BCUT2D eigenvalue weighted by molar-refractivity contribution is -0.141. The van der Waals surface area contributed by atoms with Crippen LogP contribution in [-0.2, 0) is 23.0 Å². The zero-order chi connectivity index (χ0) is 12.2. The fourth-order valence-corrected chi connectivity index (χ4v) is 1.53. The number of hydrogen-bond acceptors (Lipinski definition) is 4. The van der Waals surface area contributed by atoms with Gasteiger partial charge in [0.05, 0.1) is 12.1 Å². The maximum absolute atomic E-state index is 12.1. The number of hydrogen-bond donors (Lipinski definition) is 0. The van der Waals surface area contributed by atoms with Gasteiger partial charge in [0, 0.05) is 19.9 Å². The summed E-state index contributed by atoms with van der Waals surface area (Å²) in [5.74, 6) is 0.0531. The van der Waals surface area contributed by atoms with E-state index < -0.39 is 5.60 Å². The van der Waals surface area contributed by atoms with Crippen molar-refractivity contribution in [3.05, 3.63) is 11.9 Å². The van der Waals surface area contributed by atoms with Crippen LogP contribution in [0.5, 0.6) is 0 Å². The summed E-state index contributed by atoms with van der Waals surface area (Å²) >= 11 is 0. The number of aromatic nitrogens is 3. The molecule has 1 aromatic heterocycles. The average molecular weight is 225 g/mol. The summed E-state index contributed by atoms with van der Waals surface area (Å²) in [6, 6.07) is 0. The zero-order valence-electron chi connectivity index (χ0n) is 10.4. The maximum atomic E-state index is 12.1. The Bertz CT molecular complexity index is 362. The Labute approximate surface area is 95.8 Å². The van der Waals surface area contributed by atoms with Crippen LogP contribution in [0.1, 0.15) is 32.9 Å². The van der Waals surface area contributed by atoms with Gasteiger partial charge in [0.2, 0.25) is 0 Å². The van der Waals surface area contributed by atoms with Crippen molar-refractivity contribution in [1.82, 2.24) is 15.0 Å². The molecule has 0 aliphatic heterocycles. The van der Waals surface area contributed by atoms with Crippen LogP contribution >= 0.6 is 0 Å². The molecule has 0 fully saturated rings. The molecule has 0 saturated carbocycles. The van der Waals surface area contributed by atoms with Gasteiger partial charge in [-0.15, -0.1) is 5.10 Å². The van der Waals surface area contributed by atoms with E-state index in [2.05, 4.69) is 10.3 Å². The third-order valence-electron chi connectivity index (χ3n) is 2.72. The van der Waals surface area contributed by atoms with Crippen LogP contribution < -0.4 is 0 Å². The summed E-state index contributed by atoms with van der Waals surface area (Å²) < 4.78 is 7.10. The molecule has 5 nitrogen and oxygen atoms in total. The first-order valence-corrected chi connectivity index (χ1v) is 5.54. The molecule has 0 radical (unpaired) electrons. The number of rotatable bonds is 6. The van der Waals surface area contributed by atoms with Crippen LogP contribution in [0, 0.1) is 0 Å². The van der Waals surface area contributed by atoms with Crippen LogP contribution in [0.2, 0.25) is 0 Å². The number of ether oxygens (including phenoxy) is 1. The first kappa shape index (κ1) is 12.8. The molecule has 1 unspecified atom stereocenters. The smallest absolute Gasteiger partial charge is 0.170 e. The minimum Gasteiger partial charge on any atom is -0.368 e. The second-order valence-electron chi connectivity index (χ2n) is 4.00. The molecule has 1 heterocycles. The van der Waals surface area contributed by atoms with Gasteiger partial charge in [0.1, 0.15) is 5.60 Å². The fourth-order valence-electron chi connectivity index (χ4n) is 1.53. The van der Waals surface area contributed by atoms with E-state index in [9.17, 15) is 4.79 Å². The predicted octanol–water partition coefficient (Wildman–Crippen LogP) is 1.13. The van der Waals surface area contributed by atoms with E-state index in [0.29, 0.717) is 18.7 Å². The van der Waals surface area contributed by atoms with E-state index in [-0.39, 0.29) is 12.2 Å². The number of carbonyl (C=O) groups is 1. The van der Waals surface area contributed by atoms with Gasteiger partial charge < -0.3 is 4.74 Å². The number of ketones is 1. The Balaban J connectivity index is 2.69. The Morgan fingerprint density at radius 3 is 2.69 bits per heavy atom. The highest BCUT2D eigenvalue weighted by molar-refractivity contribution is 5.88. The standard InChI is InChI=1S/C11H19N3O2/c1-5-11(3,16-6-2)10(15)7-9-8-14(4)13-12-9/h8H,5-7H2,1-4H3. The Morgan fingerprint density at radius 2 is 2.25 bits per heavy atom. The van der Waals surface area contributed by atoms with Gasteiger partial charge in [-0.3, -0.25) is 9.48 Å². The van der Waals surface area contributed by atoms with Gasteiger partial charge in [-0.05, 0) is 20.3 Å². The highest BCUT2D eigenvalue weighted by Gasteiger charge is 2.31. The number of aryl methyl sites for hydroxylation is 1. The summed E-state index contributed by atoms with van der Waals surface area (Å²) in [5, 5.41) is 7.70. The molecule has 0 bridgehead atoms. The summed E-state index contributed by atoms with van der Waals surface area (Å²) in [6.07, 6.45) is 2.69. The molecule has 1 atom stereocenters. The van der Waals surface area contributed by atoms with E-state index in [1.165, 1.54) is 0 Å². The van der Waals surface area contributed by atoms with Gasteiger partial charge in [0.15, 0.2) is 5.78 Å². The second-order valence-corrected chi connectivity index (χ2v) is 4.00. The third-order valence-corrected chi connectivity index (χ3v) is 2.72. The molecular weight excluding hydrogens is 206 g/mol. The highest BCUT2D eigenvalue weighted by Crippen LogP contribution is 2.18. The number of carbonyl (C=O) groups excluding carboxylic acids is 1. The second kappa shape index (κ2) is 5.21. The van der Waals surface area contributed by atoms with E-state index >= 15 is 0 Å². The van der Waals surface area contributed by atoms with Crippen LogP contribution in [0.4, 0.5) is 0 Å². The first-order valence-electron chi connectivity index (χ1n) is 5.54. The van der Waals surface area contributed by atoms with Gasteiger partial charge in [-0.2, -0.15) is 0 Å². The van der Waals surface area contributed by atoms with Crippen molar-refractivity contribution >= 4 is 5.78 Å². The largest absolute Gasteiger partial charge is 0.368 e. The normalized spacial score (nSPS) is 14.8. The zero-order valence-corrected chi connectivity index (χ0v) is 10.4. The lowest BCUT2D eigenvalue weighted by Gasteiger charge is -2.26. The minimum absolute atomic E-state index is 0.0531. The molecule has 1 aromatic rings. The summed E-state index contributed by atoms with van der Waals surface area (Å²) in [6.45, 7) is 6.21. The number of Topliss-reactive ketones (excluding diaryl/α,β-unsaturated/α-hetero) is 1. The summed E-state index contributed by atoms with van der Waals surface area (Å²) in [5.41, 5.74) is -0.0152. The molecule has 0 saturated heterocycles. The fraction of sp³-hybridized carbons (Fsp3) is 0.727. The Hall–Kier alpha value is -1.23. The van der Waals surface area contributed by atoms with Crippen molar-refractivity contribution in [1.29, 1.82) is 0 Å². The third kappa shape index (κ3) is 2.88. The molecular formula is C11H19N3O2. The van der Waals surface area contributed by atoms with Crippen LogP contribution in [-0.4, -0.2) is 33.0 Å². The highest BCUT2D eigenvalue weighted by atomic mass is 16.5. The molecule has 1 rings (SSSR count). The minimum atomic E-state index is -0.702. The molecule has 5 heteroatoms. The van der Waals surface area contributed by atoms with Crippen LogP contribution in [0.15, 0.2) is 6.20 Å². The lowest BCUT2D eigenvalue weighted by Crippen LogP contribution is -2.39. The molecule has 0 aliphatic carbocycles. The van der Waals surface area contributed by atoms with Crippen molar-refractivity contribution in [2.75, 3.05) is 6.61 Å². The molecule has 0 aliphatic rings. The van der Waals surface area contributed by atoms with Crippen LogP contribution in [0.25, 0.3) is 0 Å². The predicted molar refractivity (Wildman–Crippen MR) is 60.0 cm³/mol. The molecule has 16 heavy (non-hydrogen) atoms. The van der Waals surface area contributed by atoms with Gasteiger partial charge >= 0.3 is 0 Å². The van der Waals surface area contributed by atoms with E-state index in [4.69, 9.17) is 4.74 Å². The summed E-state index contributed by atoms with van der Waals surface area (Å²) in [7, 11) is 1.78. The van der Waals surface area contributed by atoms with Gasteiger partial charge in [-0.25, -0.2) is 0 Å². The molecule has 90 valence electrons. The maximum Gasteiger partial charge on any atom is 0.170 e. The van der Waals surface area contributed by atoms with E-state index in [0.717, 1.165) is 0 Å². The number of nitrogens with zero attached hydrogens (tertiary/aromatic N) is 3. The van der Waals surface area contributed by atoms with Crippen molar-refractivity contribution < 1.29 is 9.53 Å². The first-order chi connectivity index (χ1) is 7.51. The molecule has 0 aromatic carbocycles. The van der Waals surface area contributed by atoms with Gasteiger partial charge in [-0.1, -0.05) is 12.1 Å². The van der Waals surface area contributed by atoms with Crippen LogP contribution in [0.3, 0.4) is 0 Å². The molecule has 0 amide bonds. The molecule has 0 spiro atoms. The summed E-state index contributed by atoms with van der Waals surface area (Å²) in [4.78, 5) is 12.1. The van der Waals surface area contributed by atoms with Crippen molar-refractivity contribution in [2.24, 2.45) is 7.05 Å². The van der Waals surface area contributed by atoms with Gasteiger partial charge in [0.25, 0.3) is 0 Å². The van der Waals surface area contributed by atoms with E-state index in [1.807, 2.05) is 20.8 Å². The quantitative estimate of drug-likeness (QED) is 0.728. The van der Waals surface area contributed by atoms with Crippen molar-refractivity contribution in [3.63, 3.8) is 0 Å². The Morgan fingerprint density at radius 1 is 1.56 bits per heavy atom. The average Bonchev–Trinajstić information content (AvgIpc) is 2.64. The SMILES string of the molecule is CCOC(C)(CC)C(=O)Cc1cn(C)nn1. The Kier molecular flexibility index (Phi) is 4.18. The topological polar surface area (TPSA) is 57.0 Å². The van der Waals surface area contributed by atoms with E-state index in [1.54, 1.807) is 17.9 Å². The molecule has 0 N–H and O–H groups in total.